The third-order valence-corrected chi connectivity index (χ3v) is 8.68. The monoisotopic (exact) mass is 666 g/mol. The van der Waals surface area contributed by atoms with E-state index in [0.29, 0.717) is 29.4 Å². The molecule has 6 rings (SSSR count). The van der Waals surface area contributed by atoms with Crippen LogP contribution in [-0.2, 0) is 19.6 Å². The summed E-state index contributed by atoms with van der Waals surface area (Å²) < 4.78 is 68.1. The number of benzene rings is 3. The average Bonchev–Trinajstić information content (AvgIpc) is 3.78. The second kappa shape index (κ2) is 12.7. The first kappa shape index (κ1) is 32.0. The summed E-state index contributed by atoms with van der Waals surface area (Å²) in [7, 11) is 1.46. The van der Waals surface area contributed by atoms with Gasteiger partial charge in [0.2, 0.25) is 0 Å². The van der Waals surface area contributed by atoms with Crippen molar-refractivity contribution in [2.45, 2.75) is 32.4 Å². The molecular formula is C34H27ClF4N4O4. The molecule has 0 unspecified atom stereocenters. The highest BCUT2D eigenvalue weighted by Crippen LogP contribution is 2.48. The number of aromatic nitrogens is 3. The van der Waals surface area contributed by atoms with Crippen LogP contribution in [0.5, 0.6) is 5.75 Å². The van der Waals surface area contributed by atoms with Gasteiger partial charge in [-0.1, -0.05) is 23.7 Å². The molecule has 2 heterocycles. The number of imidazole rings is 1. The number of hydrogen-bond acceptors (Lipinski definition) is 5. The molecule has 1 fully saturated rings. The topological polar surface area (TPSA) is 106 Å². The Hall–Kier alpha value is -4.97. The molecule has 47 heavy (non-hydrogen) atoms. The molecular weight excluding hydrogens is 640 g/mol. The van der Waals surface area contributed by atoms with E-state index in [2.05, 4.69) is 15.3 Å². The number of ether oxygens (including phenoxy) is 1. The third-order valence-electron chi connectivity index (χ3n) is 8.33. The number of carboxylic acids is 1. The van der Waals surface area contributed by atoms with E-state index in [4.69, 9.17) is 16.3 Å². The van der Waals surface area contributed by atoms with Gasteiger partial charge in [-0.05, 0) is 60.9 Å². The summed E-state index contributed by atoms with van der Waals surface area (Å²) in [6.07, 6.45) is 2.14. The number of carboxylic acid groups (broad SMARTS) is 1. The highest BCUT2D eigenvalue weighted by atomic mass is 35.5. The molecule has 2 aromatic heterocycles. The van der Waals surface area contributed by atoms with Gasteiger partial charge in [0.25, 0.3) is 5.91 Å². The maximum Gasteiger partial charge on any atom is 0.335 e. The highest BCUT2D eigenvalue weighted by molar-refractivity contribution is 6.31. The van der Waals surface area contributed by atoms with Gasteiger partial charge in [-0.3, -0.25) is 14.2 Å². The summed E-state index contributed by atoms with van der Waals surface area (Å²) in [5.74, 6) is -4.87. The molecule has 0 aliphatic heterocycles. The molecule has 5 aromatic rings. The minimum absolute atomic E-state index is 0.0204. The van der Waals surface area contributed by atoms with E-state index >= 15 is 13.2 Å². The lowest BCUT2D eigenvalue weighted by molar-refractivity contribution is 0.0696. The zero-order valence-electron chi connectivity index (χ0n) is 24.9. The summed E-state index contributed by atoms with van der Waals surface area (Å²) >= 11 is 6.27. The van der Waals surface area contributed by atoms with Gasteiger partial charge in [0, 0.05) is 48.3 Å². The minimum atomic E-state index is -1.41. The molecule has 3 aromatic carbocycles. The maximum absolute atomic E-state index is 15.6. The Morgan fingerprint density at radius 2 is 1.87 bits per heavy atom. The van der Waals surface area contributed by atoms with Gasteiger partial charge in [0.05, 0.1) is 28.3 Å². The Bertz CT molecular complexity index is 2050. The van der Waals surface area contributed by atoms with E-state index in [0.717, 1.165) is 6.07 Å². The molecule has 1 aliphatic rings. The number of rotatable bonds is 11. The van der Waals surface area contributed by atoms with Crippen LogP contribution in [0.2, 0.25) is 5.02 Å². The van der Waals surface area contributed by atoms with Gasteiger partial charge in [0.15, 0.2) is 11.6 Å². The van der Waals surface area contributed by atoms with Crippen molar-refractivity contribution < 1.29 is 37.0 Å². The van der Waals surface area contributed by atoms with E-state index in [9.17, 15) is 19.1 Å². The number of hydrogen-bond donors (Lipinski definition) is 2. The van der Waals surface area contributed by atoms with Crippen LogP contribution in [0.3, 0.4) is 0 Å². The van der Waals surface area contributed by atoms with Crippen molar-refractivity contribution in [1.29, 1.82) is 0 Å². The molecule has 1 saturated carbocycles. The van der Waals surface area contributed by atoms with E-state index < -0.39 is 53.4 Å². The molecule has 0 bridgehead atoms. The van der Waals surface area contributed by atoms with Crippen molar-refractivity contribution in [3.05, 3.63) is 111 Å². The number of carbonyl (C=O) groups is 2. The first-order chi connectivity index (χ1) is 22.5. The van der Waals surface area contributed by atoms with Gasteiger partial charge in [-0.15, -0.1) is 0 Å². The Labute approximate surface area is 271 Å². The summed E-state index contributed by atoms with van der Waals surface area (Å²) in [5, 5.41) is 12.2. The first-order valence-corrected chi connectivity index (χ1v) is 14.9. The number of nitrogens with one attached hydrogen (secondary N) is 1. The normalized spacial score (nSPS) is 13.5. The van der Waals surface area contributed by atoms with Crippen molar-refractivity contribution in [3.63, 3.8) is 0 Å². The van der Waals surface area contributed by atoms with Crippen LogP contribution in [0.15, 0.2) is 60.8 Å². The predicted octanol–water partition coefficient (Wildman–Crippen LogP) is 7.15. The van der Waals surface area contributed by atoms with Gasteiger partial charge >= 0.3 is 5.97 Å². The molecule has 0 atom stereocenters. The lowest BCUT2D eigenvalue weighted by Gasteiger charge is -2.16. The number of alkyl halides is 1. The average molecular weight is 667 g/mol. The Morgan fingerprint density at radius 3 is 2.55 bits per heavy atom. The zero-order chi connectivity index (χ0) is 33.5. The van der Waals surface area contributed by atoms with E-state index in [1.165, 1.54) is 55.7 Å². The van der Waals surface area contributed by atoms with Crippen molar-refractivity contribution in [2.75, 3.05) is 13.7 Å². The SMILES string of the molecule is CNC(=O)c1cc(Cl)c(COc2cccc(-c3cc(F)c(Cc4nc5ccc(C(=O)O)cc5n4CC4(CF)CC4)c(F)c3F)c2)cn1. The lowest BCUT2D eigenvalue weighted by atomic mass is 10.00. The summed E-state index contributed by atoms with van der Waals surface area (Å²) in [4.78, 5) is 31.9. The van der Waals surface area contributed by atoms with Crippen LogP contribution in [0, 0.1) is 22.9 Å². The van der Waals surface area contributed by atoms with E-state index in [1.54, 1.807) is 10.6 Å². The molecule has 8 nitrogen and oxygen atoms in total. The quantitative estimate of drug-likeness (QED) is 0.115. The van der Waals surface area contributed by atoms with Crippen LogP contribution in [0.1, 0.15) is 50.6 Å². The molecule has 0 radical (unpaired) electrons. The van der Waals surface area contributed by atoms with Crippen molar-refractivity contribution >= 4 is 34.5 Å². The number of aromatic carboxylic acids is 1. The fourth-order valence-electron chi connectivity index (χ4n) is 5.36. The van der Waals surface area contributed by atoms with Crippen LogP contribution in [0.25, 0.3) is 22.2 Å². The number of carbonyl (C=O) groups excluding carboxylic acids is 1. The van der Waals surface area contributed by atoms with Gasteiger partial charge in [-0.2, -0.15) is 0 Å². The predicted molar refractivity (Wildman–Crippen MR) is 166 cm³/mol. The smallest absolute Gasteiger partial charge is 0.335 e. The van der Waals surface area contributed by atoms with Crippen LogP contribution < -0.4 is 10.1 Å². The van der Waals surface area contributed by atoms with Gasteiger partial charge in [0.1, 0.15) is 29.7 Å². The second-order valence-electron chi connectivity index (χ2n) is 11.5. The largest absolute Gasteiger partial charge is 0.489 e. The molecule has 13 heteroatoms. The standard InChI is InChI=1S/C34H27ClF4N4O4/c1-40-32(44)27-13-24(35)20(14-41-27)15-47-21-4-2-3-18(9-21)22-11-25(37)23(31(39)30(22)38)12-29-42-26-6-5-19(33(45)46)10-28(26)43(29)17-34(16-36)7-8-34/h2-6,9-11,13-14H,7-8,12,15-17H2,1H3,(H,40,44)(H,45,46). The fraction of sp³-hybridized carbons (Fsp3) is 0.235. The van der Waals surface area contributed by atoms with E-state index in [1.807, 2.05) is 0 Å². The minimum Gasteiger partial charge on any atom is -0.489 e. The summed E-state index contributed by atoms with van der Waals surface area (Å²) in [6.45, 7) is -0.534. The number of fused-ring (bicyclic) bond motifs is 1. The first-order valence-electron chi connectivity index (χ1n) is 14.6. The Kier molecular flexibility index (Phi) is 8.63. The van der Waals surface area contributed by atoms with Gasteiger partial charge < -0.3 is 19.7 Å². The van der Waals surface area contributed by atoms with Crippen molar-refractivity contribution in [3.8, 4) is 16.9 Å². The fourth-order valence-corrected chi connectivity index (χ4v) is 5.56. The number of nitrogens with zero attached hydrogens (tertiary/aromatic N) is 3. The third kappa shape index (κ3) is 6.37. The van der Waals surface area contributed by atoms with Crippen LogP contribution in [0.4, 0.5) is 17.6 Å². The van der Waals surface area contributed by atoms with Crippen LogP contribution in [-0.4, -0.2) is 45.2 Å². The maximum atomic E-state index is 15.6. The number of halogens is 5. The summed E-state index contributed by atoms with van der Waals surface area (Å²) in [6, 6.07) is 12.5. The van der Waals surface area contributed by atoms with Crippen LogP contribution >= 0.6 is 11.6 Å². The highest BCUT2D eigenvalue weighted by Gasteiger charge is 2.44. The molecule has 2 N–H and O–H groups in total. The molecule has 1 aliphatic carbocycles. The van der Waals surface area contributed by atoms with Crippen molar-refractivity contribution in [2.24, 2.45) is 5.41 Å². The molecule has 242 valence electrons. The number of pyridine rings is 1. The summed E-state index contributed by atoms with van der Waals surface area (Å²) in [5.41, 5.74) is -0.0909. The Morgan fingerprint density at radius 1 is 1.09 bits per heavy atom. The van der Waals surface area contributed by atoms with Crippen molar-refractivity contribution in [1.82, 2.24) is 19.9 Å². The number of amides is 1. The van der Waals surface area contributed by atoms with E-state index in [-0.39, 0.29) is 52.1 Å². The lowest BCUT2D eigenvalue weighted by Crippen LogP contribution is -2.19. The zero-order valence-corrected chi connectivity index (χ0v) is 25.7. The van der Waals surface area contributed by atoms with Gasteiger partial charge in [-0.25, -0.2) is 22.9 Å². The molecule has 1 amide bonds. The second-order valence-corrected chi connectivity index (χ2v) is 11.9. The molecule has 0 saturated heterocycles. The molecule has 0 spiro atoms. The Balaban J connectivity index is 1.28.